The van der Waals surface area contributed by atoms with Gasteiger partial charge in [-0.05, 0) is 31.2 Å². The molecular weight excluding hydrogens is 269 g/mol. The molecule has 21 heavy (non-hydrogen) atoms. The molecule has 0 aliphatic rings. The second-order valence-electron chi connectivity index (χ2n) is 4.77. The maximum atomic E-state index is 13.9. The number of anilines is 2. The molecule has 0 spiro atoms. The third kappa shape index (κ3) is 2.54. The highest BCUT2D eigenvalue weighted by atomic mass is 19.1. The van der Waals surface area contributed by atoms with Gasteiger partial charge in [0.1, 0.15) is 11.3 Å². The summed E-state index contributed by atoms with van der Waals surface area (Å²) in [4.78, 5) is 6.27. The summed E-state index contributed by atoms with van der Waals surface area (Å²) in [6.07, 6.45) is 0. The zero-order chi connectivity index (χ0) is 14.8. The molecule has 2 N–H and O–H groups in total. The molecule has 0 bridgehead atoms. The van der Waals surface area contributed by atoms with Crippen molar-refractivity contribution in [1.29, 1.82) is 0 Å². The number of para-hydroxylation sites is 2. The van der Waals surface area contributed by atoms with Gasteiger partial charge in [-0.1, -0.05) is 18.2 Å². The maximum absolute atomic E-state index is 13.9. The molecule has 0 fully saturated rings. The van der Waals surface area contributed by atoms with Crippen LogP contribution in [0.2, 0.25) is 0 Å². The smallest absolute Gasteiger partial charge is 0.215 e. The first-order chi connectivity index (χ1) is 10.2. The van der Waals surface area contributed by atoms with Crippen molar-refractivity contribution in [1.82, 2.24) is 4.98 Å². The minimum absolute atomic E-state index is 0.255. The van der Waals surface area contributed by atoms with E-state index in [4.69, 9.17) is 10.2 Å². The Morgan fingerprint density at radius 1 is 1.19 bits per heavy atom. The molecule has 0 amide bonds. The molecule has 3 rings (SSSR count). The Kier molecular flexibility index (Phi) is 3.48. The summed E-state index contributed by atoms with van der Waals surface area (Å²) >= 11 is 0. The second-order valence-corrected chi connectivity index (χ2v) is 4.77. The van der Waals surface area contributed by atoms with E-state index in [-0.39, 0.29) is 5.82 Å². The number of nitrogens with two attached hydrogens (primary N) is 1. The minimum Gasteiger partial charge on any atom is -0.439 e. The van der Waals surface area contributed by atoms with Crippen molar-refractivity contribution in [3.8, 4) is 0 Å². The molecule has 0 saturated carbocycles. The van der Waals surface area contributed by atoms with Gasteiger partial charge in [0.05, 0.1) is 17.9 Å². The van der Waals surface area contributed by atoms with E-state index in [1.807, 2.05) is 30.0 Å². The number of nitrogens with zero attached hydrogens (tertiary/aromatic N) is 2. The molecule has 0 aliphatic heterocycles. The molecule has 0 aliphatic carbocycles. The van der Waals surface area contributed by atoms with Crippen molar-refractivity contribution in [3.05, 3.63) is 54.2 Å². The van der Waals surface area contributed by atoms with Gasteiger partial charge in [0.25, 0.3) is 0 Å². The number of fused-ring (bicyclic) bond motifs is 1. The fourth-order valence-corrected chi connectivity index (χ4v) is 2.32. The number of aromatic nitrogens is 1. The predicted molar refractivity (Wildman–Crippen MR) is 81.5 cm³/mol. The SMILES string of the molecule is CCN(Cc1nc2c(N)cccc2o1)c1ccccc1F. The molecule has 1 heterocycles. The van der Waals surface area contributed by atoms with Gasteiger partial charge in [0.2, 0.25) is 5.89 Å². The van der Waals surface area contributed by atoms with Gasteiger partial charge in [0, 0.05) is 6.54 Å². The number of hydrogen-bond acceptors (Lipinski definition) is 4. The van der Waals surface area contributed by atoms with Crippen LogP contribution in [0.15, 0.2) is 46.9 Å². The van der Waals surface area contributed by atoms with Crippen molar-refractivity contribution < 1.29 is 8.81 Å². The van der Waals surface area contributed by atoms with E-state index in [1.54, 1.807) is 18.2 Å². The highest BCUT2D eigenvalue weighted by molar-refractivity contribution is 5.85. The molecule has 5 heteroatoms. The summed E-state index contributed by atoms with van der Waals surface area (Å²) < 4.78 is 19.6. The summed E-state index contributed by atoms with van der Waals surface area (Å²) in [7, 11) is 0. The lowest BCUT2D eigenvalue weighted by Crippen LogP contribution is -2.23. The molecule has 0 unspecified atom stereocenters. The summed E-state index contributed by atoms with van der Waals surface area (Å²) in [5.74, 6) is 0.267. The Bertz CT molecular complexity index is 769. The van der Waals surface area contributed by atoms with Gasteiger partial charge in [-0.3, -0.25) is 0 Å². The first-order valence-corrected chi connectivity index (χ1v) is 6.82. The number of halogens is 1. The Morgan fingerprint density at radius 3 is 2.71 bits per heavy atom. The number of oxazole rings is 1. The first kappa shape index (κ1) is 13.4. The third-order valence-corrected chi connectivity index (χ3v) is 3.40. The zero-order valence-corrected chi connectivity index (χ0v) is 11.7. The number of rotatable bonds is 4. The van der Waals surface area contributed by atoms with Gasteiger partial charge in [-0.25, -0.2) is 9.37 Å². The zero-order valence-electron chi connectivity index (χ0n) is 11.7. The first-order valence-electron chi connectivity index (χ1n) is 6.82. The van der Waals surface area contributed by atoms with Crippen molar-refractivity contribution >= 4 is 22.5 Å². The van der Waals surface area contributed by atoms with Crippen LogP contribution in [0, 0.1) is 5.82 Å². The average Bonchev–Trinajstić information content (AvgIpc) is 2.90. The van der Waals surface area contributed by atoms with Crippen LogP contribution in [-0.2, 0) is 6.54 Å². The van der Waals surface area contributed by atoms with Gasteiger partial charge >= 0.3 is 0 Å². The van der Waals surface area contributed by atoms with E-state index in [1.165, 1.54) is 6.07 Å². The Morgan fingerprint density at radius 2 is 2.00 bits per heavy atom. The van der Waals surface area contributed by atoms with Crippen molar-refractivity contribution in [2.45, 2.75) is 13.5 Å². The standard InChI is InChI=1S/C16H16FN3O/c1-2-20(13-8-4-3-6-11(13)17)10-15-19-16-12(18)7-5-9-14(16)21-15/h3-9H,2,10,18H2,1H3. The van der Waals surface area contributed by atoms with Crippen LogP contribution in [0.5, 0.6) is 0 Å². The van der Waals surface area contributed by atoms with Gasteiger partial charge in [-0.15, -0.1) is 0 Å². The summed E-state index contributed by atoms with van der Waals surface area (Å²) in [6.45, 7) is 3.00. The normalized spacial score (nSPS) is 11.0. The lowest BCUT2D eigenvalue weighted by molar-refractivity contribution is 0.518. The molecule has 0 radical (unpaired) electrons. The highest BCUT2D eigenvalue weighted by Gasteiger charge is 2.14. The number of nitrogen functional groups attached to an aromatic ring is 1. The molecule has 0 saturated heterocycles. The molecule has 108 valence electrons. The van der Waals surface area contributed by atoms with Crippen molar-refractivity contribution in [2.24, 2.45) is 0 Å². The third-order valence-electron chi connectivity index (χ3n) is 3.40. The van der Waals surface area contributed by atoms with Crippen LogP contribution in [0.4, 0.5) is 15.8 Å². The Balaban J connectivity index is 1.93. The summed E-state index contributed by atoms with van der Waals surface area (Å²) in [5, 5.41) is 0. The number of hydrogen-bond donors (Lipinski definition) is 1. The van der Waals surface area contributed by atoms with E-state index >= 15 is 0 Å². The van der Waals surface area contributed by atoms with E-state index in [0.717, 1.165) is 0 Å². The topological polar surface area (TPSA) is 55.3 Å². The monoisotopic (exact) mass is 285 g/mol. The van der Waals surface area contributed by atoms with Gasteiger partial charge < -0.3 is 15.1 Å². The van der Waals surface area contributed by atoms with E-state index < -0.39 is 0 Å². The van der Waals surface area contributed by atoms with E-state index in [0.29, 0.717) is 41.5 Å². The largest absolute Gasteiger partial charge is 0.439 e. The van der Waals surface area contributed by atoms with Crippen LogP contribution in [0.1, 0.15) is 12.8 Å². The van der Waals surface area contributed by atoms with Gasteiger partial charge in [-0.2, -0.15) is 0 Å². The maximum Gasteiger partial charge on any atom is 0.215 e. The summed E-state index contributed by atoms with van der Waals surface area (Å²) in [6, 6.07) is 12.1. The van der Waals surface area contributed by atoms with Crippen LogP contribution in [0.25, 0.3) is 11.1 Å². The molecule has 1 aromatic heterocycles. The minimum atomic E-state index is -0.255. The molecular formula is C16H16FN3O. The van der Waals surface area contributed by atoms with Crippen LogP contribution >= 0.6 is 0 Å². The van der Waals surface area contributed by atoms with E-state index in [2.05, 4.69) is 4.98 Å². The number of benzene rings is 2. The van der Waals surface area contributed by atoms with Gasteiger partial charge in [0.15, 0.2) is 5.58 Å². The average molecular weight is 285 g/mol. The van der Waals surface area contributed by atoms with Crippen LogP contribution < -0.4 is 10.6 Å². The van der Waals surface area contributed by atoms with Crippen LogP contribution in [0.3, 0.4) is 0 Å². The Labute approximate surface area is 122 Å². The summed E-state index contributed by atoms with van der Waals surface area (Å²) in [5.41, 5.74) is 8.29. The fraction of sp³-hybridized carbons (Fsp3) is 0.188. The lowest BCUT2D eigenvalue weighted by atomic mass is 10.2. The molecule has 0 atom stereocenters. The lowest BCUT2D eigenvalue weighted by Gasteiger charge is -2.21. The molecule has 4 nitrogen and oxygen atoms in total. The molecule has 3 aromatic rings. The van der Waals surface area contributed by atoms with Crippen molar-refractivity contribution in [2.75, 3.05) is 17.2 Å². The second kappa shape index (κ2) is 5.44. The fourth-order valence-electron chi connectivity index (χ4n) is 2.32. The highest BCUT2D eigenvalue weighted by Crippen LogP contribution is 2.24. The quantitative estimate of drug-likeness (QED) is 0.744. The predicted octanol–water partition coefficient (Wildman–Crippen LogP) is 3.58. The Hall–Kier alpha value is -2.56. The molecule has 2 aromatic carbocycles. The van der Waals surface area contributed by atoms with Crippen molar-refractivity contribution in [3.63, 3.8) is 0 Å². The van der Waals surface area contributed by atoms with Crippen LogP contribution in [-0.4, -0.2) is 11.5 Å². The van der Waals surface area contributed by atoms with E-state index in [9.17, 15) is 4.39 Å².